The molecule has 5 rings (SSSR count). The van der Waals surface area contributed by atoms with E-state index in [2.05, 4.69) is 36.4 Å². The average Bonchev–Trinajstić information content (AvgIpc) is 3.06. The predicted octanol–water partition coefficient (Wildman–Crippen LogP) is 5.56. The molecule has 0 saturated heterocycles. The summed E-state index contributed by atoms with van der Waals surface area (Å²) >= 11 is 6.16. The lowest BCUT2D eigenvalue weighted by molar-refractivity contribution is 0.195. The van der Waals surface area contributed by atoms with Crippen LogP contribution < -0.4 is 0 Å². The van der Waals surface area contributed by atoms with Gasteiger partial charge in [0, 0.05) is 5.02 Å². The summed E-state index contributed by atoms with van der Waals surface area (Å²) in [5.41, 5.74) is 3.72. The van der Waals surface area contributed by atoms with Crippen LogP contribution >= 0.6 is 11.6 Å². The molecule has 2 aromatic rings. The van der Waals surface area contributed by atoms with Crippen LogP contribution in [0.5, 0.6) is 0 Å². The molecule has 21 heavy (non-hydrogen) atoms. The average molecular weight is 295 g/mol. The quantitative estimate of drug-likeness (QED) is 0.558. The Kier molecular flexibility index (Phi) is 2.42. The van der Waals surface area contributed by atoms with Crippen molar-refractivity contribution in [3.8, 4) is 0 Å². The Bertz CT molecular complexity index is 773. The van der Waals surface area contributed by atoms with Gasteiger partial charge in [-0.1, -0.05) is 42.0 Å². The lowest BCUT2D eigenvalue weighted by atomic mass is 9.64. The maximum Gasteiger partial charge on any atom is 0.0412 e. The topological polar surface area (TPSA) is 0 Å². The highest BCUT2D eigenvalue weighted by Gasteiger charge is 2.49. The highest BCUT2D eigenvalue weighted by Crippen LogP contribution is 2.57. The number of aryl methyl sites for hydroxylation is 1. The van der Waals surface area contributed by atoms with Gasteiger partial charge in [0.2, 0.25) is 0 Å². The van der Waals surface area contributed by atoms with Crippen LogP contribution in [0.2, 0.25) is 5.02 Å². The molecule has 2 aromatic carbocycles. The number of allylic oxidation sites excluding steroid dienone is 2. The molecular formula is C20H19Cl. The maximum absolute atomic E-state index is 6.16. The minimum Gasteiger partial charge on any atom is -0.0851 e. The molecule has 0 nitrogen and oxygen atoms in total. The highest BCUT2D eigenvalue weighted by atomic mass is 35.5. The summed E-state index contributed by atoms with van der Waals surface area (Å²) in [6, 6.07) is 11.1. The molecule has 0 amide bonds. The molecule has 0 aromatic heterocycles. The molecule has 1 spiro atoms. The zero-order valence-corrected chi connectivity index (χ0v) is 12.9. The van der Waals surface area contributed by atoms with E-state index in [-0.39, 0.29) is 0 Å². The largest absolute Gasteiger partial charge is 0.0851 e. The van der Waals surface area contributed by atoms with Crippen molar-refractivity contribution < 1.29 is 0 Å². The van der Waals surface area contributed by atoms with Crippen LogP contribution in [0, 0.1) is 17.3 Å². The Hall–Kier alpha value is -1.27. The van der Waals surface area contributed by atoms with Gasteiger partial charge in [0.1, 0.15) is 0 Å². The summed E-state index contributed by atoms with van der Waals surface area (Å²) in [5.74, 6) is 1.71. The Labute approximate surface area is 130 Å². The first-order valence-corrected chi connectivity index (χ1v) is 8.49. The van der Waals surface area contributed by atoms with Crippen molar-refractivity contribution in [3.63, 3.8) is 0 Å². The van der Waals surface area contributed by atoms with Gasteiger partial charge in [-0.25, -0.2) is 0 Å². The number of hydrogen-bond acceptors (Lipinski definition) is 0. The molecule has 106 valence electrons. The Balaban J connectivity index is 1.61. The molecule has 2 bridgehead atoms. The zero-order valence-electron chi connectivity index (χ0n) is 12.1. The maximum atomic E-state index is 6.16. The molecule has 1 fully saturated rings. The van der Waals surface area contributed by atoms with Crippen LogP contribution in [0.3, 0.4) is 0 Å². The Morgan fingerprint density at radius 1 is 1.00 bits per heavy atom. The molecule has 0 radical (unpaired) electrons. The lowest BCUT2D eigenvalue weighted by Gasteiger charge is -2.40. The fraction of sp³-hybridized carbons (Fsp3) is 0.400. The van der Waals surface area contributed by atoms with E-state index in [1.807, 2.05) is 6.07 Å². The first-order valence-electron chi connectivity index (χ1n) is 8.11. The zero-order chi connectivity index (χ0) is 14.0. The fourth-order valence-corrected chi connectivity index (χ4v) is 5.34. The van der Waals surface area contributed by atoms with Crippen molar-refractivity contribution in [1.29, 1.82) is 0 Å². The van der Waals surface area contributed by atoms with Crippen LogP contribution in [0.25, 0.3) is 10.8 Å². The van der Waals surface area contributed by atoms with Crippen molar-refractivity contribution in [3.05, 3.63) is 58.6 Å². The summed E-state index contributed by atoms with van der Waals surface area (Å²) in [5, 5.41) is 3.48. The Morgan fingerprint density at radius 3 is 2.71 bits per heavy atom. The van der Waals surface area contributed by atoms with Gasteiger partial charge in [-0.2, -0.15) is 0 Å². The van der Waals surface area contributed by atoms with E-state index >= 15 is 0 Å². The third kappa shape index (κ3) is 1.75. The molecule has 1 heteroatoms. The molecule has 0 N–H and O–H groups in total. The van der Waals surface area contributed by atoms with Crippen molar-refractivity contribution in [2.75, 3.05) is 0 Å². The van der Waals surface area contributed by atoms with Gasteiger partial charge in [0.25, 0.3) is 0 Å². The Morgan fingerprint density at radius 2 is 1.90 bits per heavy atom. The van der Waals surface area contributed by atoms with Gasteiger partial charge in [0.15, 0.2) is 0 Å². The van der Waals surface area contributed by atoms with Crippen LogP contribution in [0.4, 0.5) is 0 Å². The van der Waals surface area contributed by atoms with Crippen molar-refractivity contribution >= 4 is 22.4 Å². The molecule has 3 aliphatic carbocycles. The minimum atomic E-state index is 0.568. The third-order valence-electron chi connectivity index (χ3n) is 6.18. The lowest BCUT2D eigenvalue weighted by Crippen LogP contribution is -2.32. The van der Waals surface area contributed by atoms with E-state index in [1.165, 1.54) is 42.9 Å². The second-order valence-electron chi connectivity index (χ2n) is 7.34. The summed E-state index contributed by atoms with van der Waals surface area (Å²) in [7, 11) is 0. The molecule has 0 aliphatic heterocycles. The van der Waals surface area contributed by atoms with Crippen molar-refractivity contribution in [2.45, 2.75) is 32.1 Å². The molecular weight excluding hydrogens is 276 g/mol. The standard InChI is InChI=1S/C20H19Cl/c21-19-4-2-14-8-15-5-6-20(11-13-1-3-18(20)7-13)12-17(15)9-16(14)10-19/h1-4,8-10,13,18H,5-7,11-12H2. The summed E-state index contributed by atoms with van der Waals surface area (Å²) in [6.45, 7) is 0. The van der Waals surface area contributed by atoms with Gasteiger partial charge < -0.3 is 0 Å². The minimum absolute atomic E-state index is 0.568. The fourth-order valence-electron chi connectivity index (χ4n) is 5.16. The van der Waals surface area contributed by atoms with Gasteiger partial charge >= 0.3 is 0 Å². The smallest absolute Gasteiger partial charge is 0.0412 e. The SMILES string of the molecule is Clc1ccc2cc3c(cc2c1)CC1(CC3)CC2C=CC1C2. The van der Waals surface area contributed by atoms with E-state index < -0.39 is 0 Å². The highest BCUT2D eigenvalue weighted by molar-refractivity contribution is 6.31. The summed E-state index contributed by atoms with van der Waals surface area (Å²) in [4.78, 5) is 0. The van der Waals surface area contributed by atoms with Crippen molar-refractivity contribution in [1.82, 2.24) is 0 Å². The monoisotopic (exact) mass is 294 g/mol. The van der Waals surface area contributed by atoms with Crippen LogP contribution in [-0.2, 0) is 12.8 Å². The summed E-state index contributed by atoms with van der Waals surface area (Å²) in [6.07, 6.45) is 11.7. The van der Waals surface area contributed by atoms with Gasteiger partial charge in [-0.15, -0.1) is 0 Å². The number of hydrogen-bond donors (Lipinski definition) is 0. The molecule has 0 heterocycles. The first kappa shape index (κ1) is 12.3. The normalized spacial score (nSPS) is 33.0. The van der Waals surface area contributed by atoms with E-state index in [1.54, 1.807) is 11.1 Å². The van der Waals surface area contributed by atoms with Crippen LogP contribution in [0.1, 0.15) is 30.4 Å². The molecule has 3 unspecified atom stereocenters. The third-order valence-corrected chi connectivity index (χ3v) is 6.42. The predicted molar refractivity (Wildman–Crippen MR) is 88.8 cm³/mol. The van der Waals surface area contributed by atoms with Crippen molar-refractivity contribution in [2.24, 2.45) is 17.3 Å². The number of benzene rings is 2. The second-order valence-corrected chi connectivity index (χ2v) is 7.78. The van der Waals surface area contributed by atoms with Crippen LogP contribution in [0.15, 0.2) is 42.5 Å². The van der Waals surface area contributed by atoms with Crippen LogP contribution in [-0.4, -0.2) is 0 Å². The summed E-state index contributed by atoms with van der Waals surface area (Å²) < 4.78 is 0. The number of rotatable bonds is 0. The number of halogens is 1. The number of fused-ring (bicyclic) bond motifs is 5. The van der Waals surface area contributed by atoms with Gasteiger partial charge in [-0.3, -0.25) is 0 Å². The molecule has 1 saturated carbocycles. The van der Waals surface area contributed by atoms with Gasteiger partial charge in [0.05, 0.1) is 0 Å². The van der Waals surface area contributed by atoms with E-state index in [4.69, 9.17) is 11.6 Å². The van der Waals surface area contributed by atoms with E-state index in [9.17, 15) is 0 Å². The van der Waals surface area contributed by atoms with E-state index in [0.717, 1.165) is 16.9 Å². The molecule has 3 aliphatic rings. The molecule has 3 atom stereocenters. The van der Waals surface area contributed by atoms with Gasteiger partial charge in [-0.05, 0) is 83.4 Å². The first-order chi connectivity index (χ1) is 10.2. The second kappa shape index (κ2) is 4.14. The van der Waals surface area contributed by atoms with E-state index in [0.29, 0.717) is 5.41 Å².